The van der Waals surface area contributed by atoms with Crippen molar-refractivity contribution >= 4 is 22.4 Å². The highest BCUT2D eigenvalue weighted by atomic mass is 32.1. The Hall–Kier alpha value is -1.88. The number of aromatic nitrogens is 1. The minimum absolute atomic E-state index is 0.589. The van der Waals surface area contributed by atoms with Crippen molar-refractivity contribution in [3.63, 3.8) is 0 Å². The zero-order valence-electron chi connectivity index (χ0n) is 12.5. The third kappa shape index (κ3) is 3.42. The number of nitrogens with zero attached hydrogens (tertiary/aromatic N) is 1. The highest BCUT2D eigenvalue weighted by molar-refractivity contribution is 7.13. The van der Waals surface area contributed by atoms with Gasteiger partial charge in [0.2, 0.25) is 0 Å². The Kier molecular flexibility index (Phi) is 4.63. The summed E-state index contributed by atoms with van der Waals surface area (Å²) in [6.45, 7) is 6.17. The number of carbonyl (C=O) groups is 1. The quantitative estimate of drug-likeness (QED) is 0.854. The van der Waals surface area contributed by atoms with Crippen LogP contribution in [-0.2, 0) is 23.2 Å². The van der Waals surface area contributed by atoms with Crippen LogP contribution in [0.3, 0.4) is 0 Å². The van der Waals surface area contributed by atoms with Crippen LogP contribution >= 0.6 is 11.3 Å². The van der Waals surface area contributed by atoms with E-state index in [-0.39, 0.29) is 0 Å². The van der Waals surface area contributed by atoms with Crippen molar-refractivity contribution in [2.24, 2.45) is 0 Å². The minimum atomic E-state index is -0.961. The summed E-state index contributed by atoms with van der Waals surface area (Å²) in [6.07, 6.45) is 0.993. The lowest BCUT2D eigenvalue weighted by molar-refractivity contribution is -0.142. The zero-order valence-corrected chi connectivity index (χ0v) is 13.3. The Bertz CT molecular complexity index is 635. The van der Waals surface area contributed by atoms with E-state index in [1.165, 1.54) is 22.5 Å². The molecule has 0 aliphatic carbocycles. The van der Waals surface area contributed by atoms with E-state index in [0.717, 1.165) is 11.6 Å². The van der Waals surface area contributed by atoms with Crippen molar-refractivity contribution in [1.82, 2.24) is 4.98 Å². The van der Waals surface area contributed by atoms with Gasteiger partial charge in [-0.2, -0.15) is 0 Å². The van der Waals surface area contributed by atoms with Gasteiger partial charge < -0.3 is 10.4 Å². The van der Waals surface area contributed by atoms with Crippen LogP contribution < -0.4 is 5.32 Å². The topological polar surface area (TPSA) is 62.2 Å². The standard InChI is InChI=1S/C16H20N2O2S/c1-4-11-7-5-6-8-12(11)9-17-15-18-13(10-21-15)16(2,3)14(19)20/h5-8,10H,4,9H2,1-3H3,(H,17,18)(H,19,20). The second kappa shape index (κ2) is 6.26. The van der Waals surface area contributed by atoms with E-state index in [0.29, 0.717) is 12.2 Å². The van der Waals surface area contributed by atoms with Gasteiger partial charge in [-0.05, 0) is 31.4 Å². The summed E-state index contributed by atoms with van der Waals surface area (Å²) in [5.41, 5.74) is 2.19. The molecule has 2 aromatic rings. The summed E-state index contributed by atoms with van der Waals surface area (Å²) in [6, 6.07) is 8.29. The molecule has 1 aromatic heterocycles. The largest absolute Gasteiger partial charge is 0.481 e. The van der Waals surface area contributed by atoms with Crippen molar-refractivity contribution in [3.8, 4) is 0 Å². The first-order valence-corrected chi connectivity index (χ1v) is 7.83. The molecule has 2 rings (SSSR count). The first kappa shape index (κ1) is 15.5. The fraction of sp³-hybridized carbons (Fsp3) is 0.375. The van der Waals surface area contributed by atoms with Crippen molar-refractivity contribution in [1.29, 1.82) is 0 Å². The van der Waals surface area contributed by atoms with Crippen molar-refractivity contribution in [3.05, 3.63) is 46.5 Å². The molecule has 1 aromatic carbocycles. The van der Waals surface area contributed by atoms with Crippen LogP contribution in [0.15, 0.2) is 29.6 Å². The molecule has 0 aliphatic rings. The summed E-state index contributed by atoms with van der Waals surface area (Å²) in [4.78, 5) is 15.6. The van der Waals surface area contributed by atoms with E-state index in [1.807, 2.05) is 17.5 Å². The van der Waals surface area contributed by atoms with Crippen LogP contribution in [-0.4, -0.2) is 16.1 Å². The number of carboxylic acid groups (broad SMARTS) is 1. The summed E-state index contributed by atoms with van der Waals surface area (Å²) < 4.78 is 0. The fourth-order valence-corrected chi connectivity index (χ4v) is 2.87. The van der Waals surface area contributed by atoms with Crippen LogP contribution in [0.25, 0.3) is 0 Å². The number of thiazole rings is 1. The van der Waals surface area contributed by atoms with Crippen molar-refractivity contribution < 1.29 is 9.90 Å². The number of hydrogen-bond donors (Lipinski definition) is 2. The molecule has 0 fully saturated rings. The van der Waals surface area contributed by atoms with Gasteiger partial charge in [-0.1, -0.05) is 31.2 Å². The van der Waals surface area contributed by atoms with Crippen LogP contribution in [0.4, 0.5) is 5.13 Å². The first-order chi connectivity index (χ1) is 9.95. The third-order valence-corrected chi connectivity index (χ3v) is 4.41. The Morgan fingerprint density at radius 1 is 1.33 bits per heavy atom. The normalized spacial score (nSPS) is 11.4. The summed E-state index contributed by atoms with van der Waals surface area (Å²) >= 11 is 1.44. The molecule has 0 amide bonds. The molecule has 1 heterocycles. The SMILES string of the molecule is CCc1ccccc1CNc1nc(C(C)(C)C(=O)O)cs1. The number of benzene rings is 1. The van der Waals surface area contributed by atoms with Crippen LogP contribution in [0, 0.1) is 0 Å². The van der Waals surface area contributed by atoms with Gasteiger partial charge in [0.05, 0.1) is 5.69 Å². The van der Waals surface area contributed by atoms with E-state index in [1.54, 1.807) is 13.8 Å². The van der Waals surface area contributed by atoms with Gasteiger partial charge in [0, 0.05) is 11.9 Å². The van der Waals surface area contributed by atoms with Crippen LogP contribution in [0.2, 0.25) is 0 Å². The number of aliphatic carboxylic acids is 1. The van der Waals surface area contributed by atoms with Crippen molar-refractivity contribution in [2.45, 2.75) is 39.2 Å². The van der Waals surface area contributed by atoms with Gasteiger partial charge in [0.1, 0.15) is 5.41 Å². The fourth-order valence-electron chi connectivity index (χ4n) is 2.00. The monoisotopic (exact) mass is 304 g/mol. The Morgan fingerprint density at radius 3 is 2.62 bits per heavy atom. The predicted molar refractivity (Wildman–Crippen MR) is 85.9 cm³/mol. The van der Waals surface area contributed by atoms with Crippen LogP contribution in [0.1, 0.15) is 37.6 Å². The van der Waals surface area contributed by atoms with E-state index in [9.17, 15) is 9.90 Å². The number of hydrogen-bond acceptors (Lipinski definition) is 4. The molecule has 0 aliphatic heterocycles. The van der Waals surface area contributed by atoms with E-state index in [2.05, 4.69) is 29.4 Å². The first-order valence-electron chi connectivity index (χ1n) is 6.95. The molecule has 0 spiro atoms. The summed E-state index contributed by atoms with van der Waals surface area (Å²) in [7, 11) is 0. The number of carboxylic acids is 1. The van der Waals surface area contributed by atoms with Crippen molar-refractivity contribution in [2.75, 3.05) is 5.32 Å². The third-order valence-electron chi connectivity index (χ3n) is 3.61. The lowest BCUT2D eigenvalue weighted by atomic mass is 9.90. The van der Waals surface area contributed by atoms with Gasteiger partial charge in [-0.15, -0.1) is 11.3 Å². The average Bonchev–Trinajstić information content (AvgIpc) is 2.94. The highest BCUT2D eigenvalue weighted by Gasteiger charge is 2.32. The maximum absolute atomic E-state index is 11.2. The smallest absolute Gasteiger partial charge is 0.315 e. The molecule has 112 valence electrons. The Labute approximate surface area is 128 Å². The zero-order chi connectivity index (χ0) is 15.5. The van der Waals surface area contributed by atoms with Gasteiger partial charge >= 0.3 is 5.97 Å². The lowest BCUT2D eigenvalue weighted by Crippen LogP contribution is -2.28. The van der Waals surface area contributed by atoms with Gasteiger partial charge in [0.15, 0.2) is 5.13 Å². The number of rotatable bonds is 6. The van der Waals surface area contributed by atoms with Gasteiger partial charge in [-0.25, -0.2) is 4.98 Å². The molecule has 0 radical (unpaired) electrons. The maximum atomic E-state index is 11.2. The molecule has 0 bridgehead atoms. The van der Waals surface area contributed by atoms with Gasteiger partial charge in [-0.3, -0.25) is 4.79 Å². The number of anilines is 1. The molecule has 21 heavy (non-hydrogen) atoms. The molecular formula is C16H20N2O2S. The van der Waals surface area contributed by atoms with E-state index in [4.69, 9.17) is 0 Å². The molecule has 0 atom stereocenters. The second-order valence-electron chi connectivity index (χ2n) is 5.44. The summed E-state index contributed by atoms with van der Waals surface area (Å²) in [5.74, 6) is -0.865. The summed E-state index contributed by atoms with van der Waals surface area (Å²) in [5, 5.41) is 15.1. The average molecular weight is 304 g/mol. The van der Waals surface area contributed by atoms with E-state index < -0.39 is 11.4 Å². The Balaban J connectivity index is 2.08. The molecule has 4 nitrogen and oxygen atoms in total. The number of nitrogens with one attached hydrogen (secondary N) is 1. The molecular weight excluding hydrogens is 284 g/mol. The molecule has 0 unspecified atom stereocenters. The molecule has 5 heteroatoms. The predicted octanol–water partition coefficient (Wildman–Crippen LogP) is 3.68. The molecule has 0 saturated carbocycles. The number of aryl methyl sites for hydroxylation is 1. The Morgan fingerprint density at radius 2 is 2.00 bits per heavy atom. The second-order valence-corrected chi connectivity index (χ2v) is 6.30. The maximum Gasteiger partial charge on any atom is 0.315 e. The van der Waals surface area contributed by atoms with Gasteiger partial charge in [0.25, 0.3) is 0 Å². The van der Waals surface area contributed by atoms with Crippen LogP contribution in [0.5, 0.6) is 0 Å². The molecule has 0 saturated heterocycles. The van der Waals surface area contributed by atoms with E-state index >= 15 is 0 Å². The highest BCUT2D eigenvalue weighted by Crippen LogP contribution is 2.27. The minimum Gasteiger partial charge on any atom is -0.481 e. The molecule has 2 N–H and O–H groups in total. The lowest BCUT2D eigenvalue weighted by Gasteiger charge is -2.15.